The summed E-state index contributed by atoms with van der Waals surface area (Å²) < 4.78 is 38.8. The summed E-state index contributed by atoms with van der Waals surface area (Å²) in [6.07, 6.45) is -3.55. The second-order valence-electron chi connectivity index (χ2n) is 8.21. The van der Waals surface area contributed by atoms with E-state index < -0.39 is 22.4 Å². The second-order valence-corrected chi connectivity index (χ2v) is 8.21. The lowest BCUT2D eigenvalue weighted by Gasteiger charge is -2.36. The number of nitro benzene ring substituents is 1. The van der Waals surface area contributed by atoms with Crippen LogP contribution in [-0.2, 0) is 17.4 Å². The summed E-state index contributed by atoms with van der Waals surface area (Å²) in [5.41, 5.74) is -1.24. The Morgan fingerprint density at radius 1 is 1.11 bits per heavy atom. The predicted molar refractivity (Wildman–Crippen MR) is 122 cm³/mol. The number of H-pyrrole nitrogens is 1. The zero-order chi connectivity index (χ0) is 25.2. The van der Waals surface area contributed by atoms with E-state index in [1.165, 1.54) is 0 Å². The van der Waals surface area contributed by atoms with Gasteiger partial charge >= 0.3 is 6.18 Å². The van der Waals surface area contributed by atoms with Crippen molar-refractivity contribution in [3.63, 3.8) is 0 Å². The Balaban J connectivity index is 1.33. The number of halogens is 3. The molecule has 12 heteroatoms. The number of aromatic nitrogens is 2. The molecule has 1 amide bonds. The number of aryl methyl sites for hydroxylation is 1. The number of aromatic amines is 1. The average Bonchev–Trinajstić information content (AvgIpc) is 2.83. The van der Waals surface area contributed by atoms with Crippen molar-refractivity contribution in [3.8, 4) is 0 Å². The molecule has 1 fully saturated rings. The predicted octanol–water partition coefficient (Wildman–Crippen LogP) is 3.52. The van der Waals surface area contributed by atoms with Crippen molar-refractivity contribution in [3.05, 3.63) is 74.3 Å². The van der Waals surface area contributed by atoms with Crippen LogP contribution in [0.4, 0.5) is 24.5 Å². The molecule has 2 aromatic carbocycles. The smallest absolute Gasteiger partial charge is 0.362 e. The van der Waals surface area contributed by atoms with E-state index in [4.69, 9.17) is 0 Å². The van der Waals surface area contributed by atoms with Crippen molar-refractivity contribution in [2.45, 2.75) is 25.4 Å². The lowest BCUT2D eigenvalue weighted by Crippen LogP contribution is -2.49. The number of nitrogens with one attached hydrogen (secondary N) is 1. The van der Waals surface area contributed by atoms with Gasteiger partial charge in [-0.15, -0.1) is 0 Å². The number of hydrogen-bond donors (Lipinski definition) is 1. The molecule has 0 aliphatic carbocycles. The molecule has 4 rings (SSSR count). The average molecular weight is 489 g/mol. The number of carbonyl (C=O) groups is 1. The molecule has 1 aromatic heterocycles. The van der Waals surface area contributed by atoms with Gasteiger partial charge in [0.2, 0.25) is 5.91 Å². The minimum Gasteiger partial charge on any atom is -0.362 e. The van der Waals surface area contributed by atoms with Crippen LogP contribution in [0.5, 0.6) is 0 Å². The summed E-state index contributed by atoms with van der Waals surface area (Å²) in [6, 6.07) is 9.46. The molecule has 3 aromatic rings. The Morgan fingerprint density at radius 2 is 1.83 bits per heavy atom. The van der Waals surface area contributed by atoms with Crippen molar-refractivity contribution >= 4 is 28.2 Å². The van der Waals surface area contributed by atoms with Crippen molar-refractivity contribution in [2.75, 3.05) is 31.1 Å². The van der Waals surface area contributed by atoms with Gasteiger partial charge in [-0.2, -0.15) is 13.2 Å². The van der Waals surface area contributed by atoms with Crippen LogP contribution in [0.3, 0.4) is 0 Å². The number of fused-ring (bicyclic) bond motifs is 1. The van der Waals surface area contributed by atoms with Crippen LogP contribution in [0.25, 0.3) is 10.9 Å². The minimum atomic E-state index is -4.68. The number of hydrogen-bond acceptors (Lipinski definition) is 6. The zero-order valence-corrected chi connectivity index (χ0v) is 18.5. The number of nitro groups is 1. The van der Waals surface area contributed by atoms with E-state index in [0.717, 1.165) is 12.1 Å². The summed E-state index contributed by atoms with van der Waals surface area (Å²) >= 11 is 0. The van der Waals surface area contributed by atoms with Crippen LogP contribution >= 0.6 is 0 Å². The van der Waals surface area contributed by atoms with Crippen molar-refractivity contribution in [1.29, 1.82) is 0 Å². The normalized spacial score (nSPS) is 14.4. The van der Waals surface area contributed by atoms with E-state index in [9.17, 15) is 32.9 Å². The van der Waals surface area contributed by atoms with Gasteiger partial charge in [0, 0.05) is 45.1 Å². The van der Waals surface area contributed by atoms with E-state index in [0.29, 0.717) is 48.7 Å². The van der Waals surface area contributed by atoms with Gasteiger partial charge in [-0.1, -0.05) is 12.1 Å². The highest BCUT2D eigenvalue weighted by Gasteiger charge is 2.34. The third-order valence-electron chi connectivity index (χ3n) is 5.94. The first kappa shape index (κ1) is 24.2. The highest BCUT2D eigenvalue weighted by atomic mass is 19.4. The summed E-state index contributed by atoms with van der Waals surface area (Å²) in [5.74, 6) is 0.399. The quantitative estimate of drug-likeness (QED) is 0.419. The monoisotopic (exact) mass is 489 g/mol. The van der Waals surface area contributed by atoms with Crippen LogP contribution in [0.15, 0.2) is 47.3 Å². The lowest BCUT2D eigenvalue weighted by molar-refractivity contribution is -0.384. The fourth-order valence-corrected chi connectivity index (χ4v) is 4.13. The van der Waals surface area contributed by atoms with Gasteiger partial charge in [-0.25, -0.2) is 4.98 Å². The fraction of sp³-hybridized carbons (Fsp3) is 0.348. The number of nitrogens with zero attached hydrogens (tertiary/aromatic N) is 4. The zero-order valence-electron chi connectivity index (χ0n) is 18.5. The number of benzene rings is 2. The Bertz CT molecular complexity index is 1320. The van der Waals surface area contributed by atoms with E-state index in [1.807, 2.05) is 0 Å². The van der Waals surface area contributed by atoms with Crippen molar-refractivity contribution < 1.29 is 22.9 Å². The first-order valence-electron chi connectivity index (χ1n) is 11.0. The molecule has 184 valence electrons. The number of carbonyl (C=O) groups excluding carboxylic acids is 1. The summed E-state index contributed by atoms with van der Waals surface area (Å²) in [7, 11) is 0. The largest absolute Gasteiger partial charge is 0.416 e. The Morgan fingerprint density at radius 3 is 2.51 bits per heavy atom. The molecule has 0 saturated carbocycles. The molecule has 1 aliphatic heterocycles. The molecular formula is C23H22F3N5O4. The number of rotatable bonds is 6. The summed E-state index contributed by atoms with van der Waals surface area (Å²) in [5, 5.41) is 11.9. The third-order valence-corrected chi connectivity index (χ3v) is 5.94. The fourth-order valence-electron chi connectivity index (χ4n) is 4.13. The van der Waals surface area contributed by atoms with E-state index in [1.54, 1.807) is 34.1 Å². The summed E-state index contributed by atoms with van der Waals surface area (Å²) in [4.78, 5) is 45.7. The SMILES string of the molecule is O=C(CCCc1nc2ccccc2c(=O)[nH]1)N1CCN(c2ccc(C(F)(F)F)cc2[N+](=O)[O-])CC1. The Labute approximate surface area is 197 Å². The molecule has 0 atom stereocenters. The van der Waals surface area contributed by atoms with Gasteiger partial charge < -0.3 is 14.8 Å². The topological polar surface area (TPSA) is 112 Å². The molecule has 0 radical (unpaired) electrons. The number of alkyl halides is 3. The first-order valence-corrected chi connectivity index (χ1v) is 11.0. The van der Waals surface area contributed by atoms with E-state index in [-0.39, 0.29) is 36.7 Å². The van der Waals surface area contributed by atoms with Gasteiger partial charge in [-0.05, 0) is 30.7 Å². The van der Waals surface area contributed by atoms with Crippen LogP contribution < -0.4 is 10.5 Å². The highest BCUT2D eigenvalue weighted by molar-refractivity contribution is 5.77. The number of piperazine rings is 1. The molecule has 0 spiro atoms. The second kappa shape index (κ2) is 9.72. The Hall–Kier alpha value is -3.96. The maximum absolute atomic E-state index is 12.9. The lowest BCUT2D eigenvalue weighted by atomic mass is 10.1. The molecule has 35 heavy (non-hydrogen) atoms. The van der Waals surface area contributed by atoms with Gasteiger partial charge in [0.05, 0.1) is 21.4 Å². The van der Waals surface area contributed by atoms with Gasteiger partial charge in [0.25, 0.3) is 11.2 Å². The standard InChI is InChI=1S/C23H22F3N5O4/c24-23(25,26)15-8-9-18(19(14-15)31(34)35)29-10-12-30(13-11-29)21(32)7-3-6-20-27-17-5-2-1-4-16(17)22(33)28-20/h1-2,4-5,8-9,14H,3,6-7,10-13H2,(H,27,28,33). The highest BCUT2D eigenvalue weighted by Crippen LogP contribution is 2.36. The molecule has 1 aliphatic rings. The van der Waals surface area contributed by atoms with Gasteiger partial charge in [0.1, 0.15) is 11.5 Å². The summed E-state index contributed by atoms with van der Waals surface area (Å²) in [6.45, 7) is 1.11. The van der Waals surface area contributed by atoms with Crippen LogP contribution in [-0.4, -0.2) is 51.9 Å². The molecular weight excluding hydrogens is 467 g/mol. The number of amides is 1. The van der Waals surface area contributed by atoms with Crippen LogP contribution in [0.2, 0.25) is 0 Å². The molecule has 0 unspecified atom stereocenters. The molecule has 2 heterocycles. The molecule has 9 nitrogen and oxygen atoms in total. The number of anilines is 1. The first-order chi connectivity index (χ1) is 16.6. The van der Waals surface area contributed by atoms with Crippen LogP contribution in [0, 0.1) is 10.1 Å². The molecule has 1 N–H and O–H groups in total. The third kappa shape index (κ3) is 5.42. The van der Waals surface area contributed by atoms with Crippen molar-refractivity contribution in [2.24, 2.45) is 0 Å². The molecule has 0 bridgehead atoms. The van der Waals surface area contributed by atoms with Gasteiger partial charge in [0.15, 0.2) is 0 Å². The maximum atomic E-state index is 12.9. The number of para-hydroxylation sites is 1. The maximum Gasteiger partial charge on any atom is 0.416 e. The van der Waals surface area contributed by atoms with Crippen molar-refractivity contribution in [1.82, 2.24) is 14.9 Å². The van der Waals surface area contributed by atoms with Gasteiger partial charge in [-0.3, -0.25) is 19.7 Å². The minimum absolute atomic E-state index is 0.0985. The molecule has 1 saturated heterocycles. The van der Waals surface area contributed by atoms with Crippen LogP contribution in [0.1, 0.15) is 24.2 Å². The Kier molecular flexibility index (Phi) is 6.72. The van der Waals surface area contributed by atoms with E-state index >= 15 is 0 Å². The van der Waals surface area contributed by atoms with E-state index in [2.05, 4.69) is 9.97 Å².